The van der Waals surface area contributed by atoms with Gasteiger partial charge >= 0.3 is 0 Å². The molecule has 0 aromatic carbocycles. The lowest BCUT2D eigenvalue weighted by atomic mass is 10.1. The maximum atomic E-state index is 11.0. The van der Waals surface area contributed by atoms with Crippen molar-refractivity contribution < 1.29 is 15.0 Å². The van der Waals surface area contributed by atoms with Crippen molar-refractivity contribution in [1.82, 2.24) is 5.32 Å². The Kier molecular flexibility index (Phi) is 7.63. The molecule has 4 heteroatoms. The average Bonchev–Trinajstić information content (AvgIpc) is 2.14. The summed E-state index contributed by atoms with van der Waals surface area (Å²) >= 11 is 0. The molecule has 1 amide bonds. The van der Waals surface area contributed by atoms with Crippen LogP contribution in [0.25, 0.3) is 0 Å². The fraction of sp³-hybridized carbons (Fsp3) is 0.889. The fourth-order valence-electron chi connectivity index (χ4n) is 0.942. The molecule has 0 saturated heterocycles. The smallest absolute Gasteiger partial charge is 0.219 e. The van der Waals surface area contributed by atoms with Crippen LogP contribution in [0.5, 0.6) is 0 Å². The Hall–Kier alpha value is -0.610. The first-order valence-electron chi connectivity index (χ1n) is 4.76. The molecule has 1 unspecified atom stereocenters. The molecule has 0 aliphatic heterocycles. The lowest BCUT2D eigenvalue weighted by molar-refractivity contribution is -0.121. The Labute approximate surface area is 79.0 Å². The number of carbonyl (C=O) groups excluding carboxylic acids is 1. The Morgan fingerprint density at radius 1 is 1.54 bits per heavy atom. The number of hydrogen-bond donors (Lipinski definition) is 3. The van der Waals surface area contributed by atoms with E-state index in [1.807, 2.05) is 6.92 Å². The summed E-state index contributed by atoms with van der Waals surface area (Å²) in [6, 6.07) is 0. The van der Waals surface area contributed by atoms with E-state index in [-0.39, 0.29) is 12.5 Å². The van der Waals surface area contributed by atoms with Gasteiger partial charge in [-0.3, -0.25) is 4.79 Å². The average molecular weight is 189 g/mol. The third-order valence-corrected chi connectivity index (χ3v) is 1.72. The van der Waals surface area contributed by atoms with E-state index in [9.17, 15) is 4.79 Å². The van der Waals surface area contributed by atoms with Crippen LogP contribution >= 0.6 is 0 Å². The zero-order chi connectivity index (χ0) is 10.1. The third kappa shape index (κ3) is 7.74. The van der Waals surface area contributed by atoms with E-state index in [1.54, 1.807) is 0 Å². The van der Waals surface area contributed by atoms with Gasteiger partial charge in [-0.05, 0) is 19.3 Å². The van der Waals surface area contributed by atoms with Crippen molar-refractivity contribution in [3.8, 4) is 0 Å². The van der Waals surface area contributed by atoms with E-state index >= 15 is 0 Å². The molecule has 0 bridgehead atoms. The summed E-state index contributed by atoms with van der Waals surface area (Å²) < 4.78 is 0. The van der Waals surface area contributed by atoms with Crippen molar-refractivity contribution in [2.24, 2.45) is 0 Å². The summed E-state index contributed by atoms with van der Waals surface area (Å²) in [6.45, 7) is 2.48. The molecule has 0 fully saturated rings. The summed E-state index contributed by atoms with van der Waals surface area (Å²) in [7, 11) is 0. The molecule has 3 N–H and O–H groups in total. The number of hydrogen-bond acceptors (Lipinski definition) is 3. The van der Waals surface area contributed by atoms with Crippen molar-refractivity contribution in [2.75, 3.05) is 13.2 Å². The topological polar surface area (TPSA) is 69.6 Å². The van der Waals surface area contributed by atoms with Crippen molar-refractivity contribution in [3.05, 3.63) is 0 Å². The monoisotopic (exact) mass is 189 g/mol. The van der Waals surface area contributed by atoms with Crippen LogP contribution in [0, 0.1) is 0 Å². The molecule has 0 spiro atoms. The minimum atomic E-state index is -0.682. The molecule has 0 aliphatic rings. The highest BCUT2D eigenvalue weighted by Crippen LogP contribution is 1.99. The van der Waals surface area contributed by atoms with Crippen LogP contribution in [0.15, 0.2) is 0 Å². The standard InChI is InChI=1S/C9H19NO3/c1-2-6-10-9(13)5-3-4-8(12)7-11/h8,11-12H,2-7H2,1H3,(H,10,13). The molecular formula is C9H19NO3. The van der Waals surface area contributed by atoms with Gasteiger partial charge in [0.05, 0.1) is 12.7 Å². The van der Waals surface area contributed by atoms with Crippen LogP contribution < -0.4 is 5.32 Å². The molecule has 0 rings (SSSR count). The van der Waals surface area contributed by atoms with Gasteiger partial charge in [0.1, 0.15) is 0 Å². The number of nitrogens with one attached hydrogen (secondary N) is 1. The summed E-state index contributed by atoms with van der Waals surface area (Å²) in [6.07, 6.45) is 1.79. The number of aliphatic hydroxyl groups is 2. The first kappa shape index (κ1) is 12.4. The van der Waals surface area contributed by atoms with Crippen LogP contribution in [0.4, 0.5) is 0 Å². The lowest BCUT2D eigenvalue weighted by Crippen LogP contribution is -2.24. The number of amides is 1. The van der Waals surface area contributed by atoms with Gasteiger partial charge in [-0.2, -0.15) is 0 Å². The van der Waals surface area contributed by atoms with Crippen LogP contribution in [0.3, 0.4) is 0 Å². The number of carbonyl (C=O) groups is 1. The van der Waals surface area contributed by atoms with Crippen LogP contribution in [0.1, 0.15) is 32.6 Å². The van der Waals surface area contributed by atoms with Gasteiger partial charge in [-0.15, -0.1) is 0 Å². The number of rotatable bonds is 7. The molecule has 1 atom stereocenters. The van der Waals surface area contributed by atoms with E-state index < -0.39 is 6.10 Å². The SMILES string of the molecule is CCCNC(=O)CCCC(O)CO. The first-order valence-corrected chi connectivity index (χ1v) is 4.76. The summed E-state index contributed by atoms with van der Waals surface area (Å²) in [5.41, 5.74) is 0. The van der Waals surface area contributed by atoms with Gasteiger partial charge < -0.3 is 15.5 Å². The van der Waals surface area contributed by atoms with Crippen LogP contribution in [0.2, 0.25) is 0 Å². The van der Waals surface area contributed by atoms with Crippen LogP contribution in [-0.2, 0) is 4.79 Å². The molecular weight excluding hydrogens is 170 g/mol. The van der Waals surface area contributed by atoms with E-state index in [1.165, 1.54) is 0 Å². The highest BCUT2D eigenvalue weighted by molar-refractivity contribution is 5.75. The molecule has 0 aliphatic carbocycles. The maximum absolute atomic E-state index is 11.0. The van der Waals surface area contributed by atoms with Gasteiger partial charge in [0.15, 0.2) is 0 Å². The predicted octanol–water partition coefficient (Wildman–Crippen LogP) is 0.0361. The van der Waals surface area contributed by atoms with Gasteiger partial charge in [-0.25, -0.2) is 0 Å². The van der Waals surface area contributed by atoms with E-state index in [0.717, 1.165) is 6.42 Å². The molecule has 0 radical (unpaired) electrons. The maximum Gasteiger partial charge on any atom is 0.219 e. The van der Waals surface area contributed by atoms with Crippen molar-refractivity contribution in [2.45, 2.75) is 38.7 Å². The van der Waals surface area contributed by atoms with E-state index in [2.05, 4.69) is 5.32 Å². The second kappa shape index (κ2) is 8.01. The predicted molar refractivity (Wildman–Crippen MR) is 50.2 cm³/mol. The Bertz CT molecular complexity index is 139. The first-order chi connectivity index (χ1) is 6.20. The zero-order valence-electron chi connectivity index (χ0n) is 8.12. The molecule has 13 heavy (non-hydrogen) atoms. The lowest BCUT2D eigenvalue weighted by Gasteiger charge is -2.06. The minimum absolute atomic E-state index is 0.0204. The van der Waals surface area contributed by atoms with Gasteiger partial charge in [-0.1, -0.05) is 6.92 Å². The van der Waals surface area contributed by atoms with Gasteiger partial charge in [0, 0.05) is 13.0 Å². The molecule has 0 aromatic heterocycles. The third-order valence-electron chi connectivity index (χ3n) is 1.72. The normalized spacial score (nSPS) is 12.5. The second-order valence-corrected chi connectivity index (χ2v) is 3.08. The van der Waals surface area contributed by atoms with Crippen molar-refractivity contribution >= 4 is 5.91 Å². The molecule has 0 heterocycles. The van der Waals surface area contributed by atoms with Gasteiger partial charge in [0.2, 0.25) is 5.91 Å². The molecule has 0 aromatic rings. The van der Waals surface area contributed by atoms with E-state index in [0.29, 0.717) is 25.8 Å². The van der Waals surface area contributed by atoms with Crippen LogP contribution in [-0.4, -0.2) is 35.4 Å². The summed E-state index contributed by atoms with van der Waals surface area (Å²) in [5, 5.41) is 20.2. The molecule has 4 nitrogen and oxygen atoms in total. The Balaban J connectivity index is 3.26. The highest BCUT2D eigenvalue weighted by atomic mass is 16.3. The Morgan fingerprint density at radius 2 is 2.23 bits per heavy atom. The Morgan fingerprint density at radius 3 is 2.77 bits per heavy atom. The summed E-state index contributed by atoms with van der Waals surface area (Å²) in [4.78, 5) is 11.0. The van der Waals surface area contributed by atoms with Gasteiger partial charge in [0.25, 0.3) is 0 Å². The highest BCUT2D eigenvalue weighted by Gasteiger charge is 2.04. The molecule has 78 valence electrons. The largest absolute Gasteiger partial charge is 0.394 e. The quantitative estimate of drug-likeness (QED) is 0.529. The summed E-state index contributed by atoms with van der Waals surface area (Å²) in [5.74, 6) is 0.0204. The minimum Gasteiger partial charge on any atom is -0.394 e. The van der Waals surface area contributed by atoms with E-state index in [4.69, 9.17) is 10.2 Å². The molecule has 0 saturated carbocycles. The van der Waals surface area contributed by atoms with Crippen molar-refractivity contribution in [3.63, 3.8) is 0 Å². The second-order valence-electron chi connectivity index (χ2n) is 3.08. The zero-order valence-corrected chi connectivity index (χ0v) is 8.12. The fourth-order valence-corrected chi connectivity index (χ4v) is 0.942. The number of aliphatic hydroxyl groups excluding tert-OH is 2. The van der Waals surface area contributed by atoms with Crippen molar-refractivity contribution in [1.29, 1.82) is 0 Å².